The van der Waals surface area contributed by atoms with Gasteiger partial charge in [0, 0.05) is 0 Å². The molecule has 0 saturated heterocycles. The van der Waals surface area contributed by atoms with Gasteiger partial charge >= 0.3 is 0 Å². The van der Waals surface area contributed by atoms with Crippen LogP contribution in [-0.2, 0) is 0 Å². The SMILES string of the molecule is c1coc(-c2ncc3ncoc3n2)c1. The van der Waals surface area contributed by atoms with Crippen LogP contribution in [0.4, 0.5) is 0 Å². The van der Waals surface area contributed by atoms with E-state index < -0.39 is 0 Å². The molecule has 0 unspecified atom stereocenters. The lowest BCUT2D eigenvalue weighted by atomic mass is 10.4. The third-order valence-electron chi connectivity index (χ3n) is 1.83. The Bertz CT molecular complexity index is 556. The summed E-state index contributed by atoms with van der Waals surface area (Å²) in [5.74, 6) is 1.11. The Kier molecular flexibility index (Phi) is 1.38. The Morgan fingerprint density at radius 2 is 2.14 bits per heavy atom. The van der Waals surface area contributed by atoms with Crippen molar-refractivity contribution in [2.24, 2.45) is 0 Å². The number of aromatic nitrogens is 3. The van der Waals surface area contributed by atoms with E-state index in [0.29, 0.717) is 22.8 Å². The molecule has 0 N–H and O–H groups in total. The lowest BCUT2D eigenvalue weighted by Crippen LogP contribution is -1.86. The molecule has 0 spiro atoms. The van der Waals surface area contributed by atoms with Crippen molar-refractivity contribution >= 4 is 11.2 Å². The van der Waals surface area contributed by atoms with Crippen LogP contribution < -0.4 is 0 Å². The van der Waals surface area contributed by atoms with E-state index in [1.165, 1.54) is 6.39 Å². The Labute approximate surface area is 78.4 Å². The van der Waals surface area contributed by atoms with Crippen LogP contribution in [0.2, 0.25) is 0 Å². The van der Waals surface area contributed by atoms with Crippen molar-refractivity contribution < 1.29 is 8.83 Å². The highest BCUT2D eigenvalue weighted by molar-refractivity contribution is 5.68. The first-order valence-corrected chi connectivity index (χ1v) is 4.03. The van der Waals surface area contributed by atoms with E-state index in [1.807, 2.05) is 0 Å². The maximum Gasteiger partial charge on any atom is 0.250 e. The second-order valence-electron chi connectivity index (χ2n) is 2.71. The molecule has 3 rings (SSSR count). The fourth-order valence-corrected chi connectivity index (χ4v) is 1.19. The molecule has 0 saturated carbocycles. The van der Waals surface area contributed by atoms with E-state index in [9.17, 15) is 0 Å². The molecular formula is C9H5N3O2. The molecule has 14 heavy (non-hydrogen) atoms. The van der Waals surface area contributed by atoms with Crippen LogP contribution in [0.3, 0.4) is 0 Å². The minimum atomic E-state index is 0.464. The Balaban J connectivity index is 2.23. The van der Waals surface area contributed by atoms with Gasteiger partial charge in [-0.25, -0.2) is 9.97 Å². The summed E-state index contributed by atoms with van der Waals surface area (Å²) in [6, 6.07) is 3.57. The minimum Gasteiger partial charge on any atom is -0.461 e. The fraction of sp³-hybridized carbons (Fsp3) is 0. The normalized spacial score (nSPS) is 10.9. The quantitative estimate of drug-likeness (QED) is 0.581. The van der Waals surface area contributed by atoms with E-state index >= 15 is 0 Å². The zero-order chi connectivity index (χ0) is 9.38. The highest BCUT2D eigenvalue weighted by Gasteiger charge is 2.07. The van der Waals surface area contributed by atoms with Crippen LogP contribution in [0.1, 0.15) is 0 Å². The van der Waals surface area contributed by atoms with E-state index in [-0.39, 0.29) is 0 Å². The number of hydrogen-bond donors (Lipinski definition) is 0. The predicted octanol–water partition coefficient (Wildman–Crippen LogP) is 1.88. The van der Waals surface area contributed by atoms with Gasteiger partial charge in [-0.2, -0.15) is 4.98 Å². The summed E-state index contributed by atoms with van der Waals surface area (Å²) < 4.78 is 10.2. The van der Waals surface area contributed by atoms with Crippen molar-refractivity contribution in [1.29, 1.82) is 0 Å². The Morgan fingerprint density at radius 1 is 1.14 bits per heavy atom. The predicted molar refractivity (Wildman–Crippen MR) is 47.3 cm³/mol. The van der Waals surface area contributed by atoms with Crippen LogP contribution in [0.25, 0.3) is 22.8 Å². The Morgan fingerprint density at radius 3 is 3.00 bits per heavy atom. The zero-order valence-corrected chi connectivity index (χ0v) is 7.04. The summed E-state index contributed by atoms with van der Waals surface area (Å²) in [6.45, 7) is 0. The van der Waals surface area contributed by atoms with Crippen molar-refractivity contribution in [2.45, 2.75) is 0 Å². The van der Waals surface area contributed by atoms with E-state index in [1.54, 1.807) is 24.6 Å². The molecule has 0 atom stereocenters. The molecule has 0 aliphatic rings. The van der Waals surface area contributed by atoms with Gasteiger partial charge in [0.15, 0.2) is 18.0 Å². The monoisotopic (exact) mass is 187 g/mol. The molecule has 3 aromatic rings. The molecule has 0 aliphatic heterocycles. The molecule has 5 nitrogen and oxygen atoms in total. The van der Waals surface area contributed by atoms with Gasteiger partial charge in [0.25, 0.3) is 0 Å². The van der Waals surface area contributed by atoms with Crippen molar-refractivity contribution in [3.05, 3.63) is 31.0 Å². The number of fused-ring (bicyclic) bond motifs is 1. The molecule has 5 heteroatoms. The van der Waals surface area contributed by atoms with Crippen molar-refractivity contribution in [1.82, 2.24) is 15.0 Å². The first-order chi connectivity index (χ1) is 6.93. The minimum absolute atomic E-state index is 0.464. The molecule has 3 heterocycles. The van der Waals surface area contributed by atoms with E-state index in [4.69, 9.17) is 8.83 Å². The smallest absolute Gasteiger partial charge is 0.250 e. The van der Waals surface area contributed by atoms with Gasteiger partial charge in [-0.15, -0.1) is 0 Å². The number of oxazole rings is 1. The third kappa shape index (κ3) is 0.990. The summed E-state index contributed by atoms with van der Waals surface area (Å²) >= 11 is 0. The second kappa shape index (κ2) is 2.66. The van der Waals surface area contributed by atoms with Crippen molar-refractivity contribution in [3.8, 4) is 11.6 Å². The first-order valence-electron chi connectivity index (χ1n) is 4.03. The summed E-state index contributed by atoms with van der Waals surface area (Å²) in [5.41, 5.74) is 1.10. The van der Waals surface area contributed by atoms with Gasteiger partial charge < -0.3 is 8.83 Å². The third-order valence-corrected chi connectivity index (χ3v) is 1.83. The lowest BCUT2D eigenvalue weighted by molar-refractivity contribution is 0.571. The highest BCUT2D eigenvalue weighted by Crippen LogP contribution is 2.17. The first kappa shape index (κ1) is 7.25. The summed E-state index contributed by atoms with van der Waals surface area (Å²) in [4.78, 5) is 12.2. The number of rotatable bonds is 1. The maximum absolute atomic E-state index is 5.16. The largest absolute Gasteiger partial charge is 0.461 e. The van der Waals surface area contributed by atoms with E-state index in [2.05, 4.69) is 15.0 Å². The fourth-order valence-electron chi connectivity index (χ4n) is 1.19. The highest BCUT2D eigenvalue weighted by atomic mass is 16.3. The number of hydrogen-bond acceptors (Lipinski definition) is 5. The molecule has 3 aromatic heterocycles. The Hall–Kier alpha value is -2.17. The molecule has 68 valence electrons. The molecule has 0 fully saturated rings. The van der Waals surface area contributed by atoms with Gasteiger partial charge in [0.2, 0.25) is 5.71 Å². The van der Waals surface area contributed by atoms with Gasteiger partial charge in [-0.3, -0.25) is 0 Å². The molecular weight excluding hydrogens is 182 g/mol. The molecule has 0 aromatic carbocycles. The topological polar surface area (TPSA) is 65.0 Å². The van der Waals surface area contributed by atoms with Crippen LogP contribution in [0.5, 0.6) is 0 Å². The molecule has 0 aliphatic carbocycles. The number of nitrogens with zero attached hydrogens (tertiary/aromatic N) is 3. The van der Waals surface area contributed by atoms with Gasteiger partial charge in [0.05, 0.1) is 12.5 Å². The van der Waals surface area contributed by atoms with E-state index in [0.717, 1.165) is 0 Å². The molecule has 0 bridgehead atoms. The standard InChI is InChI=1S/C9H5N3O2/c1-2-7(13-3-1)8-10-4-6-9(12-8)14-5-11-6/h1-5H. The van der Waals surface area contributed by atoms with Gasteiger partial charge in [-0.05, 0) is 12.1 Å². The van der Waals surface area contributed by atoms with Crippen LogP contribution >= 0.6 is 0 Å². The summed E-state index contributed by atoms with van der Waals surface area (Å²) in [7, 11) is 0. The zero-order valence-electron chi connectivity index (χ0n) is 7.04. The van der Waals surface area contributed by atoms with Gasteiger partial charge in [0.1, 0.15) is 5.52 Å². The van der Waals surface area contributed by atoms with Crippen LogP contribution in [-0.4, -0.2) is 15.0 Å². The van der Waals surface area contributed by atoms with Crippen LogP contribution in [0, 0.1) is 0 Å². The van der Waals surface area contributed by atoms with Crippen molar-refractivity contribution in [2.75, 3.05) is 0 Å². The average molecular weight is 187 g/mol. The van der Waals surface area contributed by atoms with Crippen LogP contribution in [0.15, 0.2) is 39.8 Å². The maximum atomic E-state index is 5.16. The summed E-state index contributed by atoms with van der Waals surface area (Å²) in [6.07, 6.45) is 4.51. The molecule has 0 radical (unpaired) electrons. The second-order valence-corrected chi connectivity index (χ2v) is 2.71. The summed E-state index contributed by atoms with van der Waals surface area (Å²) in [5, 5.41) is 0. The number of furan rings is 1. The molecule has 0 amide bonds. The van der Waals surface area contributed by atoms with Gasteiger partial charge in [-0.1, -0.05) is 0 Å². The van der Waals surface area contributed by atoms with Crippen molar-refractivity contribution in [3.63, 3.8) is 0 Å². The average Bonchev–Trinajstić information content (AvgIpc) is 2.88. The lowest BCUT2D eigenvalue weighted by Gasteiger charge is -1.92.